The van der Waals surface area contributed by atoms with Crippen molar-refractivity contribution in [3.63, 3.8) is 0 Å². The van der Waals surface area contributed by atoms with Gasteiger partial charge in [0.15, 0.2) is 11.5 Å². The fourth-order valence-electron chi connectivity index (χ4n) is 1.90. The van der Waals surface area contributed by atoms with Crippen LogP contribution in [0.1, 0.15) is 25.8 Å². The Balaban J connectivity index is 2.28. The molecule has 0 saturated carbocycles. The average Bonchev–Trinajstić information content (AvgIpc) is 2.51. The summed E-state index contributed by atoms with van der Waals surface area (Å²) in [5, 5.41) is 3.33. The first-order chi connectivity index (χ1) is 10.3. The van der Waals surface area contributed by atoms with E-state index in [1.54, 1.807) is 7.11 Å². The van der Waals surface area contributed by atoms with Crippen molar-refractivity contribution in [3.8, 4) is 11.5 Å². The number of allylic oxidation sites excluding steroid dienone is 1. The van der Waals surface area contributed by atoms with Gasteiger partial charge < -0.3 is 19.5 Å². The average molecular weight is 293 g/mol. The third-order valence-electron chi connectivity index (χ3n) is 2.93. The van der Waals surface area contributed by atoms with Crippen molar-refractivity contribution in [1.29, 1.82) is 0 Å². The van der Waals surface area contributed by atoms with Crippen LogP contribution in [0.15, 0.2) is 24.3 Å². The first-order valence-corrected chi connectivity index (χ1v) is 7.53. The summed E-state index contributed by atoms with van der Waals surface area (Å²) >= 11 is 0. The molecule has 0 aliphatic rings. The van der Waals surface area contributed by atoms with Crippen LogP contribution in [0.25, 0.3) is 6.08 Å². The second-order valence-electron chi connectivity index (χ2n) is 4.56. The van der Waals surface area contributed by atoms with Gasteiger partial charge in [0.2, 0.25) is 0 Å². The fourth-order valence-corrected chi connectivity index (χ4v) is 1.90. The van der Waals surface area contributed by atoms with Gasteiger partial charge in [-0.25, -0.2) is 0 Å². The predicted octanol–water partition coefficient (Wildman–Crippen LogP) is 3.12. The normalized spacial score (nSPS) is 11.0. The van der Waals surface area contributed by atoms with Crippen molar-refractivity contribution in [2.75, 3.05) is 40.0 Å². The van der Waals surface area contributed by atoms with Gasteiger partial charge in [0.1, 0.15) is 6.61 Å². The third-order valence-corrected chi connectivity index (χ3v) is 2.93. The number of hydrogen-bond donors (Lipinski definition) is 1. The van der Waals surface area contributed by atoms with E-state index < -0.39 is 0 Å². The van der Waals surface area contributed by atoms with Gasteiger partial charge in [-0.05, 0) is 44.5 Å². The van der Waals surface area contributed by atoms with Crippen LogP contribution >= 0.6 is 0 Å². The van der Waals surface area contributed by atoms with Crippen LogP contribution in [0.3, 0.4) is 0 Å². The minimum atomic E-state index is 0.619. The van der Waals surface area contributed by atoms with E-state index in [2.05, 4.69) is 5.32 Å². The van der Waals surface area contributed by atoms with Crippen LogP contribution in [-0.4, -0.2) is 40.0 Å². The molecule has 0 spiro atoms. The van der Waals surface area contributed by atoms with Gasteiger partial charge in [-0.15, -0.1) is 0 Å². The highest BCUT2D eigenvalue weighted by atomic mass is 16.5. The summed E-state index contributed by atoms with van der Waals surface area (Å²) in [7, 11) is 1.66. The lowest BCUT2D eigenvalue weighted by Gasteiger charge is -2.12. The van der Waals surface area contributed by atoms with Crippen LogP contribution in [0.2, 0.25) is 0 Å². The van der Waals surface area contributed by atoms with Gasteiger partial charge in [0.25, 0.3) is 0 Å². The number of benzene rings is 1. The van der Waals surface area contributed by atoms with Crippen molar-refractivity contribution in [2.45, 2.75) is 20.3 Å². The van der Waals surface area contributed by atoms with E-state index in [4.69, 9.17) is 14.2 Å². The maximum atomic E-state index is 5.75. The monoisotopic (exact) mass is 293 g/mol. The Kier molecular flexibility index (Phi) is 9.33. The first-order valence-electron chi connectivity index (χ1n) is 7.53. The van der Waals surface area contributed by atoms with E-state index in [1.807, 2.05) is 44.2 Å². The summed E-state index contributed by atoms with van der Waals surface area (Å²) in [6, 6.07) is 5.95. The van der Waals surface area contributed by atoms with Crippen molar-refractivity contribution >= 4 is 6.08 Å². The minimum absolute atomic E-state index is 0.619. The molecular weight excluding hydrogens is 266 g/mol. The Morgan fingerprint density at radius 3 is 2.71 bits per heavy atom. The maximum Gasteiger partial charge on any atom is 0.161 e. The van der Waals surface area contributed by atoms with Gasteiger partial charge in [-0.1, -0.05) is 18.2 Å². The highest BCUT2D eigenvalue weighted by Crippen LogP contribution is 2.28. The van der Waals surface area contributed by atoms with Crippen LogP contribution in [0, 0.1) is 0 Å². The van der Waals surface area contributed by atoms with Gasteiger partial charge in [-0.2, -0.15) is 0 Å². The SMILES string of the molecule is CC=Cc1ccc(OCCNCCCOCC)c(OC)c1. The topological polar surface area (TPSA) is 39.7 Å². The molecule has 1 N–H and O–H groups in total. The Hall–Kier alpha value is -1.52. The lowest BCUT2D eigenvalue weighted by atomic mass is 10.2. The Morgan fingerprint density at radius 1 is 1.14 bits per heavy atom. The molecule has 4 heteroatoms. The second kappa shape index (κ2) is 11.2. The quantitative estimate of drug-likeness (QED) is 0.636. The molecule has 0 saturated heterocycles. The van der Waals surface area contributed by atoms with Crippen LogP contribution in [0.5, 0.6) is 11.5 Å². The number of hydrogen-bond acceptors (Lipinski definition) is 4. The molecule has 4 nitrogen and oxygen atoms in total. The maximum absolute atomic E-state index is 5.75. The van der Waals surface area contributed by atoms with Crippen molar-refractivity contribution in [3.05, 3.63) is 29.8 Å². The molecule has 1 rings (SSSR count). The zero-order chi connectivity index (χ0) is 15.3. The number of nitrogens with one attached hydrogen (secondary N) is 1. The Labute approximate surface area is 128 Å². The number of rotatable bonds is 11. The molecule has 0 atom stereocenters. The number of ether oxygens (including phenoxy) is 3. The fraction of sp³-hybridized carbons (Fsp3) is 0.529. The van der Waals surface area contributed by atoms with Crippen molar-refractivity contribution in [2.24, 2.45) is 0 Å². The molecule has 0 aliphatic carbocycles. The lowest BCUT2D eigenvalue weighted by molar-refractivity contribution is 0.144. The molecule has 1 aromatic rings. The molecular formula is C17H27NO3. The summed E-state index contributed by atoms with van der Waals surface area (Å²) in [5.74, 6) is 1.55. The van der Waals surface area contributed by atoms with E-state index in [-0.39, 0.29) is 0 Å². The molecule has 0 aromatic heterocycles. The van der Waals surface area contributed by atoms with E-state index in [1.165, 1.54) is 0 Å². The van der Waals surface area contributed by atoms with Crippen LogP contribution in [-0.2, 0) is 4.74 Å². The zero-order valence-corrected chi connectivity index (χ0v) is 13.4. The summed E-state index contributed by atoms with van der Waals surface area (Å²) in [5.41, 5.74) is 1.11. The lowest BCUT2D eigenvalue weighted by Crippen LogP contribution is -2.23. The summed E-state index contributed by atoms with van der Waals surface area (Å²) in [6.45, 7) is 7.97. The number of methoxy groups -OCH3 is 1. The molecule has 0 radical (unpaired) electrons. The van der Waals surface area contributed by atoms with Gasteiger partial charge in [0.05, 0.1) is 7.11 Å². The molecule has 0 bridgehead atoms. The van der Waals surface area contributed by atoms with Gasteiger partial charge in [0, 0.05) is 19.8 Å². The summed E-state index contributed by atoms with van der Waals surface area (Å²) in [4.78, 5) is 0. The highest BCUT2D eigenvalue weighted by Gasteiger charge is 2.04. The van der Waals surface area contributed by atoms with E-state index >= 15 is 0 Å². The molecule has 21 heavy (non-hydrogen) atoms. The van der Waals surface area contributed by atoms with Gasteiger partial charge in [-0.3, -0.25) is 0 Å². The van der Waals surface area contributed by atoms with Crippen molar-refractivity contribution < 1.29 is 14.2 Å². The first kappa shape index (κ1) is 17.5. The van der Waals surface area contributed by atoms with Crippen LogP contribution in [0.4, 0.5) is 0 Å². The standard InChI is InChI=1S/C17H27NO3/c1-4-7-15-8-9-16(17(14-15)19-3)21-13-11-18-10-6-12-20-5-2/h4,7-9,14,18H,5-6,10-13H2,1-3H3. The Morgan fingerprint density at radius 2 is 2.00 bits per heavy atom. The second-order valence-corrected chi connectivity index (χ2v) is 4.56. The molecule has 1 aromatic carbocycles. The molecule has 0 aliphatic heterocycles. The summed E-state index contributed by atoms with van der Waals surface area (Å²) in [6.07, 6.45) is 5.06. The smallest absolute Gasteiger partial charge is 0.161 e. The third kappa shape index (κ3) is 7.16. The minimum Gasteiger partial charge on any atom is -0.493 e. The molecule has 0 fully saturated rings. The van der Waals surface area contributed by atoms with Crippen LogP contribution < -0.4 is 14.8 Å². The van der Waals surface area contributed by atoms with E-state index in [0.29, 0.717) is 6.61 Å². The Bertz CT molecular complexity index is 418. The van der Waals surface area contributed by atoms with E-state index in [9.17, 15) is 0 Å². The molecule has 0 heterocycles. The predicted molar refractivity (Wildman–Crippen MR) is 87.2 cm³/mol. The molecule has 0 unspecified atom stereocenters. The largest absolute Gasteiger partial charge is 0.493 e. The zero-order valence-electron chi connectivity index (χ0n) is 13.4. The molecule has 118 valence electrons. The molecule has 0 amide bonds. The van der Waals surface area contributed by atoms with Gasteiger partial charge >= 0.3 is 0 Å². The van der Waals surface area contributed by atoms with E-state index in [0.717, 1.165) is 49.8 Å². The summed E-state index contributed by atoms with van der Waals surface area (Å²) < 4.78 is 16.4. The van der Waals surface area contributed by atoms with Crippen molar-refractivity contribution in [1.82, 2.24) is 5.32 Å². The highest BCUT2D eigenvalue weighted by molar-refractivity contribution is 5.55.